The van der Waals surface area contributed by atoms with Gasteiger partial charge in [-0.25, -0.2) is 0 Å². The number of hydrogen-bond donors (Lipinski definition) is 1. The van der Waals surface area contributed by atoms with Crippen molar-refractivity contribution in [3.05, 3.63) is 83.8 Å². The SMILES string of the molecule is Cn1cc(OC=O)c2cc(C(=O)NC3(c4ccc(OC(F)(F)F)cc4)CCOc4cccnc43)ccc21. The Balaban J connectivity index is 1.56. The number of carbonyl (C=O) groups is 2. The Morgan fingerprint density at radius 2 is 1.97 bits per heavy atom. The third-order valence-corrected chi connectivity index (χ3v) is 6.21. The van der Waals surface area contributed by atoms with E-state index >= 15 is 0 Å². The van der Waals surface area contributed by atoms with Gasteiger partial charge in [0.05, 0.1) is 12.1 Å². The van der Waals surface area contributed by atoms with Crippen molar-refractivity contribution in [3.63, 3.8) is 0 Å². The second kappa shape index (κ2) is 9.16. The van der Waals surface area contributed by atoms with Crippen LogP contribution < -0.4 is 19.5 Å². The molecule has 0 bridgehead atoms. The number of nitrogens with one attached hydrogen (secondary N) is 1. The van der Waals surface area contributed by atoms with Crippen LogP contribution in [0.25, 0.3) is 10.9 Å². The molecule has 3 heterocycles. The summed E-state index contributed by atoms with van der Waals surface area (Å²) < 4.78 is 54.6. The van der Waals surface area contributed by atoms with E-state index in [0.29, 0.717) is 34.6 Å². The van der Waals surface area contributed by atoms with Crippen molar-refractivity contribution in [3.8, 4) is 17.2 Å². The van der Waals surface area contributed by atoms with Gasteiger partial charge in [-0.3, -0.25) is 14.6 Å². The summed E-state index contributed by atoms with van der Waals surface area (Å²) in [5, 5.41) is 3.62. The number of rotatable bonds is 6. The van der Waals surface area contributed by atoms with Crippen LogP contribution in [0, 0.1) is 0 Å². The van der Waals surface area contributed by atoms with Crippen LogP contribution >= 0.6 is 0 Å². The maximum absolute atomic E-state index is 13.6. The first-order valence-corrected chi connectivity index (χ1v) is 11.2. The molecule has 37 heavy (non-hydrogen) atoms. The quantitative estimate of drug-likeness (QED) is 0.385. The summed E-state index contributed by atoms with van der Waals surface area (Å²) in [4.78, 5) is 29.0. The van der Waals surface area contributed by atoms with Crippen molar-refractivity contribution in [1.29, 1.82) is 0 Å². The summed E-state index contributed by atoms with van der Waals surface area (Å²) in [5.74, 6) is -0.0970. The van der Waals surface area contributed by atoms with E-state index in [2.05, 4.69) is 15.0 Å². The van der Waals surface area contributed by atoms with E-state index < -0.39 is 17.8 Å². The van der Waals surface area contributed by atoms with Gasteiger partial charge in [0.1, 0.15) is 22.7 Å². The first-order valence-electron chi connectivity index (χ1n) is 11.2. The number of aromatic nitrogens is 2. The monoisotopic (exact) mass is 511 g/mol. The van der Waals surface area contributed by atoms with Crippen molar-refractivity contribution in [2.75, 3.05) is 6.61 Å². The van der Waals surface area contributed by atoms with Gasteiger partial charge in [0, 0.05) is 36.8 Å². The molecule has 1 aliphatic heterocycles. The standard InChI is InChI=1S/C26H20F3N3O5/c1-32-14-22(36-15-33)19-13-16(4-9-20(19)32)24(34)31-25(10-12-35-21-3-2-11-30-23(21)25)17-5-7-18(8-6-17)37-26(27,28)29/h2-9,11,13-15H,10,12H2,1H3,(H,31,34). The molecule has 0 fully saturated rings. The minimum Gasteiger partial charge on any atom is -0.491 e. The fourth-order valence-electron chi connectivity index (χ4n) is 4.58. The van der Waals surface area contributed by atoms with Gasteiger partial charge in [-0.15, -0.1) is 13.2 Å². The third-order valence-electron chi connectivity index (χ3n) is 6.21. The fraction of sp³-hybridized carbons (Fsp3) is 0.192. The van der Waals surface area contributed by atoms with Gasteiger partial charge in [0.2, 0.25) is 0 Å². The molecule has 5 rings (SSSR count). The fourth-order valence-corrected chi connectivity index (χ4v) is 4.58. The average Bonchev–Trinajstić information content (AvgIpc) is 3.18. The highest BCUT2D eigenvalue weighted by Gasteiger charge is 2.43. The number of hydrogen-bond acceptors (Lipinski definition) is 6. The minimum atomic E-state index is -4.83. The Bertz CT molecular complexity index is 1480. The summed E-state index contributed by atoms with van der Waals surface area (Å²) >= 11 is 0. The molecule has 0 radical (unpaired) electrons. The van der Waals surface area contributed by atoms with Crippen LogP contribution in [-0.4, -0.2) is 34.9 Å². The zero-order chi connectivity index (χ0) is 26.2. The molecule has 1 aliphatic rings. The predicted octanol–water partition coefficient (Wildman–Crippen LogP) is 4.46. The highest BCUT2D eigenvalue weighted by atomic mass is 19.4. The zero-order valence-electron chi connectivity index (χ0n) is 19.4. The number of fused-ring (bicyclic) bond motifs is 2. The number of benzene rings is 2. The van der Waals surface area contributed by atoms with Gasteiger partial charge in [-0.2, -0.15) is 0 Å². The van der Waals surface area contributed by atoms with Gasteiger partial charge in [0.25, 0.3) is 12.4 Å². The lowest BCUT2D eigenvalue weighted by Gasteiger charge is -2.39. The third kappa shape index (κ3) is 4.55. The van der Waals surface area contributed by atoms with E-state index in [-0.39, 0.29) is 24.3 Å². The molecule has 8 nitrogen and oxygen atoms in total. The highest BCUT2D eigenvalue weighted by Crippen LogP contribution is 2.41. The van der Waals surface area contributed by atoms with Gasteiger partial charge in [0.15, 0.2) is 5.75 Å². The maximum atomic E-state index is 13.6. The molecular weight excluding hydrogens is 491 g/mol. The van der Waals surface area contributed by atoms with Crippen molar-refractivity contribution < 1.29 is 37.0 Å². The second-order valence-electron chi connectivity index (χ2n) is 8.43. The molecule has 0 saturated heterocycles. The van der Waals surface area contributed by atoms with E-state index in [1.54, 1.807) is 54.3 Å². The Labute approximate surface area is 208 Å². The second-order valence-corrected chi connectivity index (χ2v) is 8.43. The Morgan fingerprint density at radius 3 is 2.70 bits per heavy atom. The number of halogens is 3. The van der Waals surface area contributed by atoms with Crippen LogP contribution in [0.1, 0.15) is 28.0 Å². The number of amides is 1. The van der Waals surface area contributed by atoms with Crippen LogP contribution in [0.4, 0.5) is 13.2 Å². The van der Waals surface area contributed by atoms with E-state index in [0.717, 1.165) is 5.52 Å². The van der Waals surface area contributed by atoms with Crippen molar-refractivity contribution in [2.24, 2.45) is 7.05 Å². The lowest BCUT2D eigenvalue weighted by molar-refractivity contribution is -0.274. The van der Waals surface area contributed by atoms with Crippen LogP contribution in [0.15, 0.2) is 67.0 Å². The summed E-state index contributed by atoms with van der Waals surface area (Å²) in [5.41, 5.74) is 0.765. The Hall–Kier alpha value is -4.54. The van der Waals surface area contributed by atoms with Crippen LogP contribution in [-0.2, 0) is 17.4 Å². The number of carbonyl (C=O) groups excluding carboxylic acids is 2. The van der Waals surface area contributed by atoms with E-state index in [9.17, 15) is 22.8 Å². The summed E-state index contributed by atoms with van der Waals surface area (Å²) in [6.07, 6.45) is -1.38. The molecule has 0 saturated carbocycles. The Morgan fingerprint density at radius 1 is 1.19 bits per heavy atom. The van der Waals surface area contributed by atoms with Gasteiger partial charge in [-0.1, -0.05) is 12.1 Å². The predicted molar refractivity (Wildman–Crippen MR) is 125 cm³/mol. The molecule has 1 unspecified atom stereocenters. The number of alkyl halides is 3. The molecular formula is C26H20F3N3O5. The van der Waals surface area contributed by atoms with Gasteiger partial charge in [-0.05, 0) is 48.0 Å². The first kappa shape index (κ1) is 24.2. The lowest BCUT2D eigenvalue weighted by Crippen LogP contribution is -2.50. The smallest absolute Gasteiger partial charge is 0.491 e. The lowest BCUT2D eigenvalue weighted by atomic mass is 9.81. The van der Waals surface area contributed by atoms with E-state index in [1.165, 1.54) is 24.3 Å². The topological polar surface area (TPSA) is 91.7 Å². The normalized spacial score (nSPS) is 17.0. The number of ether oxygens (including phenoxy) is 3. The maximum Gasteiger partial charge on any atom is 0.573 e. The van der Waals surface area contributed by atoms with Gasteiger partial charge >= 0.3 is 6.36 Å². The summed E-state index contributed by atoms with van der Waals surface area (Å²) in [6, 6.07) is 13.7. The molecule has 190 valence electrons. The van der Waals surface area contributed by atoms with Crippen molar-refractivity contribution in [2.45, 2.75) is 18.3 Å². The largest absolute Gasteiger partial charge is 0.573 e. The van der Waals surface area contributed by atoms with Crippen LogP contribution in [0.3, 0.4) is 0 Å². The van der Waals surface area contributed by atoms with E-state index in [4.69, 9.17) is 9.47 Å². The molecule has 1 N–H and O–H groups in total. The zero-order valence-corrected chi connectivity index (χ0v) is 19.4. The molecule has 4 aromatic rings. The number of nitrogens with zero attached hydrogens (tertiary/aromatic N) is 2. The average molecular weight is 511 g/mol. The molecule has 2 aromatic heterocycles. The first-order chi connectivity index (χ1) is 17.7. The molecule has 0 spiro atoms. The van der Waals surface area contributed by atoms with Crippen LogP contribution in [0.2, 0.25) is 0 Å². The summed E-state index contributed by atoms with van der Waals surface area (Å²) in [7, 11) is 1.78. The Kier molecular flexibility index (Phi) is 5.98. The minimum absolute atomic E-state index is 0.231. The molecule has 0 aliphatic carbocycles. The molecule has 2 aromatic carbocycles. The van der Waals surface area contributed by atoms with Crippen molar-refractivity contribution >= 4 is 23.3 Å². The van der Waals surface area contributed by atoms with Crippen LogP contribution in [0.5, 0.6) is 17.2 Å². The molecule has 11 heteroatoms. The summed E-state index contributed by atoms with van der Waals surface area (Å²) in [6.45, 7) is 0.544. The molecule has 1 atom stereocenters. The van der Waals surface area contributed by atoms with Crippen molar-refractivity contribution in [1.82, 2.24) is 14.9 Å². The van der Waals surface area contributed by atoms with E-state index in [1.807, 2.05) is 0 Å². The number of pyridine rings is 1. The molecule has 1 amide bonds. The highest BCUT2D eigenvalue weighted by molar-refractivity contribution is 6.00. The number of aryl methyl sites for hydroxylation is 1. The van der Waals surface area contributed by atoms with Gasteiger partial charge < -0.3 is 24.1 Å².